The van der Waals surface area contributed by atoms with Crippen LogP contribution in [0.4, 0.5) is 0 Å². The summed E-state index contributed by atoms with van der Waals surface area (Å²) in [6, 6.07) is -0.574. The van der Waals surface area contributed by atoms with E-state index in [1.54, 1.807) is 6.92 Å². The Morgan fingerprint density at radius 1 is 0.839 bits per heavy atom. The molecule has 31 heavy (non-hydrogen) atoms. The number of hydrogen-bond acceptors (Lipinski definition) is 4. The average molecular weight is 439 g/mol. The zero-order chi connectivity index (χ0) is 23.2. The van der Waals surface area contributed by atoms with E-state index in [4.69, 9.17) is 4.74 Å². The lowest BCUT2D eigenvalue weighted by Gasteiger charge is -2.14. The number of esters is 1. The van der Waals surface area contributed by atoms with Crippen molar-refractivity contribution in [1.82, 2.24) is 10.2 Å². The minimum absolute atomic E-state index is 0.0598. The number of allylic oxidation sites excluding steroid dienone is 2. The molecule has 0 saturated carbocycles. The third-order valence-electron chi connectivity index (χ3n) is 5.39. The van der Waals surface area contributed by atoms with Gasteiger partial charge in [0, 0.05) is 13.0 Å². The Kier molecular flexibility index (Phi) is 20.9. The van der Waals surface area contributed by atoms with Crippen molar-refractivity contribution < 1.29 is 14.3 Å². The monoisotopic (exact) mass is 438 g/mol. The predicted octanol–water partition coefficient (Wildman–Crippen LogP) is 6.02. The third kappa shape index (κ3) is 21.7. The van der Waals surface area contributed by atoms with Crippen LogP contribution in [0.2, 0.25) is 0 Å². The van der Waals surface area contributed by atoms with Gasteiger partial charge in [-0.1, -0.05) is 70.4 Å². The summed E-state index contributed by atoms with van der Waals surface area (Å²) in [6.07, 6.45) is 22.1. The van der Waals surface area contributed by atoms with Gasteiger partial charge in [-0.05, 0) is 59.5 Å². The largest absolute Gasteiger partial charge is 0.464 e. The van der Waals surface area contributed by atoms with Gasteiger partial charge >= 0.3 is 5.97 Å². The fourth-order valence-corrected chi connectivity index (χ4v) is 3.41. The van der Waals surface area contributed by atoms with Crippen LogP contribution in [0.15, 0.2) is 12.2 Å². The van der Waals surface area contributed by atoms with E-state index in [0.717, 1.165) is 25.8 Å². The van der Waals surface area contributed by atoms with Crippen LogP contribution in [0.25, 0.3) is 0 Å². The summed E-state index contributed by atoms with van der Waals surface area (Å²) in [4.78, 5) is 25.9. The lowest BCUT2D eigenvalue weighted by atomic mass is 10.1. The van der Waals surface area contributed by atoms with E-state index in [1.165, 1.54) is 70.6 Å². The van der Waals surface area contributed by atoms with Gasteiger partial charge in [-0.3, -0.25) is 4.79 Å². The first kappa shape index (κ1) is 29.6. The highest BCUT2D eigenvalue weighted by Gasteiger charge is 2.16. The third-order valence-corrected chi connectivity index (χ3v) is 5.39. The molecule has 0 aromatic heterocycles. The van der Waals surface area contributed by atoms with Crippen LogP contribution in [0.5, 0.6) is 0 Å². The molecule has 0 fully saturated rings. The number of carbonyl (C=O) groups excluding carboxylic acids is 2. The summed E-state index contributed by atoms with van der Waals surface area (Å²) in [5.41, 5.74) is 0. The molecule has 0 aromatic rings. The zero-order valence-corrected chi connectivity index (χ0v) is 20.9. The van der Waals surface area contributed by atoms with Gasteiger partial charge in [-0.15, -0.1) is 0 Å². The lowest BCUT2D eigenvalue weighted by molar-refractivity contribution is -0.147. The van der Waals surface area contributed by atoms with Crippen molar-refractivity contribution >= 4 is 11.9 Å². The van der Waals surface area contributed by atoms with Crippen molar-refractivity contribution in [1.29, 1.82) is 0 Å². The average Bonchev–Trinajstić information content (AvgIpc) is 2.73. The molecule has 5 heteroatoms. The van der Waals surface area contributed by atoms with Gasteiger partial charge in [0.2, 0.25) is 5.91 Å². The fraction of sp³-hybridized carbons (Fsp3) is 0.846. The molecule has 1 N–H and O–H groups in total. The van der Waals surface area contributed by atoms with E-state index >= 15 is 0 Å². The number of nitrogens with one attached hydrogen (secondary N) is 1. The topological polar surface area (TPSA) is 58.6 Å². The Balaban J connectivity index is 3.49. The van der Waals surface area contributed by atoms with E-state index in [1.807, 2.05) is 19.0 Å². The zero-order valence-electron chi connectivity index (χ0n) is 20.9. The van der Waals surface area contributed by atoms with Crippen molar-refractivity contribution in [2.24, 2.45) is 0 Å². The molecule has 1 unspecified atom stereocenters. The van der Waals surface area contributed by atoms with E-state index in [-0.39, 0.29) is 11.9 Å². The quantitative estimate of drug-likeness (QED) is 0.135. The SMILES string of the molecule is CCCCCCCC/C=C\CCCCCCCC(=O)NC(C)C(=O)OCCCN(C)C. The molecule has 5 nitrogen and oxygen atoms in total. The first-order valence-corrected chi connectivity index (χ1v) is 12.7. The summed E-state index contributed by atoms with van der Waals surface area (Å²) in [5.74, 6) is -0.410. The van der Waals surface area contributed by atoms with E-state index in [9.17, 15) is 9.59 Å². The van der Waals surface area contributed by atoms with E-state index in [0.29, 0.717) is 13.0 Å². The first-order chi connectivity index (χ1) is 15.0. The van der Waals surface area contributed by atoms with Gasteiger partial charge in [0.15, 0.2) is 0 Å². The highest BCUT2D eigenvalue weighted by molar-refractivity contribution is 5.84. The second-order valence-electron chi connectivity index (χ2n) is 8.95. The summed E-state index contributed by atoms with van der Waals surface area (Å²) < 4.78 is 5.20. The Morgan fingerprint density at radius 3 is 1.97 bits per heavy atom. The number of carbonyl (C=O) groups is 2. The van der Waals surface area contributed by atoms with Crippen molar-refractivity contribution in [3.8, 4) is 0 Å². The molecule has 1 amide bonds. The highest BCUT2D eigenvalue weighted by atomic mass is 16.5. The number of nitrogens with zero attached hydrogens (tertiary/aromatic N) is 1. The maximum Gasteiger partial charge on any atom is 0.328 e. The van der Waals surface area contributed by atoms with Crippen molar-refractivity contribution in [2.75, 3.05) is 27.2 Å². The Hall–Kier alpha value is -1.36. The molecule has 0 radical (unpaired) electrons. The number of ether oxygens (including phenoxy) is 1. The molecule has 0 heterocycles. The van der Waals surface area contributed by atoms with Crippen LogP contribution < -0.4 is 5.32 Å². The molecule has 0 aromatic carbocycles. The molecule has 0 rings (SSSR count). The summed E-state index contributed by atoms with van der Waals surface area (Å²) >= 11 is 0. The molecule has 0 aliphatic rings. The summed E-state index contributed by atoms with van der Waals surface area (Å²) in [6.45, 7) is 5.22. The maximum atomic E-state index is 12.0. The number of amides is 1. The van der Waals surface area contributed by atoms with Gasteiger partial charge in [0.1, 0.15) is 6.04 Å². The molecule has 0 aliphatic carbocycles. The molecule has 0 spiro atoms. The predicted molar refractivity (Wildman–Crippen MR) is 131 cm³/mol. The Bertz CT molecular complexity index is 464. The van der Waals surface area contributed by atoms with Gasteiger partial charge < -0.3 is 15.0 Å². The van der Waals surface area contributed by atoms with Crippen LogP contribution in [-0.4, -0.2) is 50.1 Å². The van der Waals surface area contributed by atoms with Gasteiger partial charge in [-0.2, -0.15) is 0 Å². The smallest absolute Gasteiger partial charge is 0.328 e. The van der Waals surface area contributed by atoms with Crippen LogP contribution >= 0.6 is 0 Å². The van der Waals surface area contributed by atoms with Crippen molar-refractivity contribution in [3.63, 3.8) is 0 Å². The molecule has 182 valence electrons. The van der Waals surface area contributed by atoms with Crippen LogP contribution in [0.1, 0.15) is 110 Å². The van der Waals surface area contributed by atoms with Crippen molar-refractivity contribution in [2.45, 2.75) is 116 Å². The second-order valence-corrected chi connectivity index (χ2v) is 8.95. The molecule has 0 bridgehead atoms. The minimum atomic E-state index is -0.574. The van der Waals surface area contributed by atoms with Gasteiger partial charge in [0.25, 0.3) is 0 Å². The fourth-order valence-electron chi connectivity index (χ4n) is 3.41. The maximum absolute atomic E-state index is 12.0. The molecular weight excluding hydrogens is 388 g/mol. The van der Waals surface area contributed by atoms with E-state index < -0.39 is 6.04 Å². The second kappa shape index (κ2) is 21.9. The minimum Gasteiger partial charge on any atom is -0.464 e. The van der Waals surface area contributed by atoms with Crippen LogP contribution in [-0.2, 0) is 14.3 Å². The standard InChI is InChI=1S/C26H50N2O3/c1-5-6-7-8-9-10-11-12-13-14-15-16-17-18-19-21-25(29)27-24(2)26(30)31-23-20-22-28(3)4/h12-13,24H,5-11,14-23H2,1-4H3,(H,27,29)/b13-12-. The number of unbranched alkanes of at least 4 members (excludes halogenated alkanes) is 11. The Labute approximate surface area is 192 Å². The normalized spacial score (nSPS) is 12.4. The summed E-state index contributed by atoms with van der Waals surface area (Å²) in [5, 5.41) is 2.75. The number of hydrogen-bond donors (Lipinski definition) is 1. The summed E-state index contributed by atoms with van der Waals surface area (Å²) in [7, 11) is 3.97. The van der Waals surface area contributed by atoms with Crippen LogP contribution in [0.3, 0.4) is 0 Å². The first-order valence-electron chi connectivity index (χ1n) is 12.7. The van der Waals surface area contributed by atoms with E-state index in [2.05, 4.69) is 24.4 Å². The van der Waals surface area contributed by atoms with Crippen LogP contribution in [0, 0.1) is 0 Å². The molecule has 0 saturated heterocycles. The lowest BCUT2D eigenvalue weighted by Crippen LogP contribution is -2.39. The Morgan fingerprint density at radius 2 is 1.39 bits per heavy atom. The molecular formula is C26H50N2O3. The van der Waals surface area contributed by atoms with Gasteiger partial charge in [-0.25, -0.2) is 4.79 Å². The molecule has 0 aliphatic heterocycles. The molecule has 1 atom stereocenters. The highest BCUT2D eigenvalue weighted by Crippen LogP contribution is 2.10. The number of rotatable bonds is 21. The van der Waals surface area contributed by atoms with Crippen molar-refractivity contribution in [3.05, 3.63) is 12.2 Å². The van der Waals surface area contributed by atoms with Gasteiger partial charge in [0.05, 0.1) is 6.61 Å².